The first-order valence-electron chi connectivity index (χ1n) is 14.7. The predicted octanol–water partition coefficient (Wildman–Crippen LogP) is 3.06. The largest absolute Gasteiger partial charge is 0.506 e. The fourth-order valence-electron chi connectivity index (χ4n) is 4.53. The summed E-state index contributed by atoms with van der Waals surface area (Å²) in [5, 5.41) is 28.7. The van der Waals surface area contributed by atoms with Crippen LogP contribution in [-0.2, 0) is 17.6 Å². The molecule has 0 fully saturated rings. The molecule has 2 amide bonds. The van der Waals surface area contributed by atoms with Crippen molar-refractivity contribution in [1.82, 2.24) is 20.6 Å². The Hall–Kier alpha value is -4.46. The van der Waals surface area contributed by atoms with Crippen LogP contribution in [0.3, 0.4) is 0 Å². The van der Waals surface area contributed by atoms with E-state index in [-0.39, 0.29) is 51.8 Å². The maximum Gasteiger partial charge on any atom is 0.280 e. The van der Waals surface area contributed by atoms with Crippen LogP contribution >= 0.6 is 11.6 Å². The summed E-state index contributed by atoms with van der Waals surface area (Å²) >= 11 is 5.81. The number of nitrogens with two attached hydrogens (primary N) is 3. The highest BCUT2D eigenvalue weighted by Crippen LogP contribution is 2.27. The molecule has 2 unspecified atom stereocenters. The Morgan fingerprint density at radius 2 is 1.67 bits per heavy atom. The van der Waals surface area contributed by atoms with Gasteiger partial charge in [0, 0.05) is 26.1 Å². The molecule has 14 heteroatoms. The highest BCUT2D eigenvalue weighted by atomic mass is 35.5. The quantitative estimate of drug-likeness (QED) is 0.0524. The van der Waals surface area contributed by atoms with E-state index >= 15 is 0 Å². The Labute approximate surface area is 267 Å². The van der Waals surface area contributed by atoms with Crippen molar-refractivity contribution in [2.45, 2.75) is 64.5 Å². The molecule has 0 spiro atoms. The molecule has 1 aromatic heterocycles. The highest BCUT2D eigenvalue weighted by Gasteiger charge is 2.17. The number of aliphatic imine (C=N–C) groups is 1. The van der Waals surface area contributed by atoms with Crippen molar-refractivity contribution in [2.75, 3.05) is 29.9 Å². The summed E-state index contributed by atoms with van der Waals surface area (Å²) in [6.07, 6.45) is 4.71. The smallest absolute Gasteiger partial charge is 0.280 e. The van der Waals surface area contributed by atoms with Crippen molar-refractivity contribution < 1.29 is 19.8 Å². The van der Waals surface area contributed by atoms with Crippen molar-refractivity contribution in [2.24, 2.45) is 10.7 Å². The molecule has 0 saturated carbocycles. The number of aromatic nitrogens is 2. The number of guanidine groups is 1. The first-order valence-corrected chi connectivity index (χ1v) is 15.1. The summed E-state index contributed by atoms with van der Waals surface area (Å²) in [5.41, 5.74) is 20.2. The van der Waals surface area contributed by atoms with Gasteiger partial charge in [0.05, 0.1) is 11.8 Å². The monoisotopic (exact) mass is 639 g/mol. The molecule has 45 heavy (non-hydrogen) atoms. The van der Waals surface area contributed by atoms with Gasteiger partial charge in [-0.1, -0.05) is 41.9 Å². The summed E-state index contributed by atoms with van der Waals surface area (Å²) in [7, 11) is 0. The number of rotatable bonds is 15. The maximum absolute atomic E-state index is 12.3. The molecular weight excluding hydrogens is 598 g/mol. The lowest BCUT2D eigenvalue weighted by Crippen LogP contribution is -2.38. The van der Waals surface area contributed by atoms with Crippen LogP contribution in [0, 0.1) is 0 Å². The molecular formula is C31H42ClN9O4. The molecule has 13 nitrogen and oxygen atoms in total. The van der Waals surface area contributed by atoms with E-state index in [1.54, 1.807) is 12.1 Å². The Morgan fingerprint density at radius 3 is 2.33 bits per heavy atom. The number of phenolic OH excluding ortho intramolecular Hbond substituents is 1. The number of anilines is 3. The number of aryl methyl sites for hydroxylation is 2. The van der Waals surface area contributed by atoms with Gasteiger partial charge in [0.25, 0.3) is 5.91 Å². The van der Waals surface area contributed by atoms with E-state index in [0.717, 1.165) is 38.5 Å². The molecule has 2 atom stereocenters. The zero-order valence-corrected chi connectivity index (χ0v) is 26.3. The van der Waals surface area contributed by atoms with Gasteiger partial charge in [-0.05, 0) is 74.3 Å². The lowest BCUT2D eigenvalue weighted by molar-refractivity contribution is -0.114. The fourth-order valence-corrected chi connectivity index (χ4v) is 4.66. The van der Waals surface area contributed by atoms with Crippen LogP contribution in [0.5, 0.6) is 5.75 Å². The van der Waals surface area contributed by atoms with Gasteiger partial charge >= 0.3 is 0 Å². The van der Waals surface area contributed by atoms with Crippen LogP contribution in [0.25, 0.3) is 0 Å². The average molecular weight is 640 g/mol. The number of phenols is 1. The average Bonchev–Trinajstić information content (AvgIpc) is 2.99. The van der Waals surface area contributed by atoms with Crippen molar-refractivity contribution >= 4 is 46.7 Å². The van der Waals surface area contributed by atoms with Crippen LogP contribution in [0.2, 0.25) is 5.15 Å². The zero-order valence-electron chi connectivity index (χ0n) is 25.5. The molecule has 0 aliphatic carbocycles. The number of benzene rings is 2. The standard InChI is InChI=1S/C31H42ClN9O4/c1-18(37-17-25(44)22-13-14-24(43)23(16-22)38-19(2)42)6-5-8-21-11-9-20(10-12-21)7-3-4-15-36-31(35)41-30(45)26-28(33)40-29(34)27(32)39-26/h9-14,16,18,25,37,43-44H,3-8,15,17H2,1-2H3,(H,38,42)(H4,33,34,40)(H3,35,36,41,45). The Bertz CT molecular complexity index is 1480. The number of aliphatic hydroxyl groups is 1. The van der Waals surface area contributed by atoms with Crippen molar-refractivity contribution in [3.05, 3.63) is 70.0 Å². The molecule has 11 N–H and O–H groups in total. The topological polar surface area (TPSA) is 227 Å². The van der Waals surface area contributed by atoms with Crippen molar-refractivity contribution in [1.29, 1.82) is 0 Å². The van der Waals surface area contributed by atoms with Crippen LogP contribution in [0.4, 0.5) is 17.3 Å². The second-order valence-electron chi connectivity index (χ2n) is 10.8. The molecule has 1 heterocycles. The molecule has 0 aliphatic rings. The summed E-state index contributed by atoms with van der Waals surface area (Å²) in [6.45, 7) is 4.25. The van der Waals surface area contributed by atoms with E-state index in [4.69, 9.17) is 28.8 Å². The van der Waals surface area contributed by atoms with Crippen LogP contribution in [0.15, 0.2) is 47.5 Å². The predicted molar refractivity (Wildman–Crippen MR) is 177 cm³/mol. The van der Waals surface area contributed by atoms with E-state index in [1.807, 2.05) is 0 Å². The Morgan fingerprint density at radius 1 is 1.00 bits per heavy atom. The van der Waals surface area contributed by atoms with E-state index < -0.39 is 12.0 Å². The third kappa shape index (κ3) is 11.5. The van der Waals surface area contributed by atoms with Crippen LogP contribution < -0.4 is 33.2 Å². The third-order valence-electron chi connectivity index (χ3n) is 7.02. The van der Waals surface area contributed by atoms with Crippen molar-refractivity contribution in [3.8, 4) is 5.75 Å². The molecule has 242 valence electrons. The minimum atomic E-state index is -0.770. The van der Waals surface area contributed by atoms with Gasteiger partial charge in [-0.3, -0.25) is 19.9 Å². The van der Waals surface area contributed by atoms with Gasteiger partial charge in [-0.15, -0.1) is 0 Å². The second-order valence-corrected chi connectivity index (χ2v) is 11.2. The number of halogens is 1. The van der Waals surface area contributed by atoms with Gasteiger partial charge < -0.3 is 38.0 Å². The molecule has 0 bridgehead atoms. The number of unbranched alkanes of at least 4 members (excludes halogenated alkanes) is 1. The van der Waals surface area contributed by atoms with Gasteiger partial charge in [-0.2, -0.15) is 0 Å². The minimum absolute atomic E-state index is 0.0447. The second kappa shape index (κ2) is 17.1. The number of hydrogen-bond acceptors (Lipinski definition) is 10. The Balaban J connectivity index is 1.31. The molecule has 2 aromatic carbocycles. The summed E-state index contributed by atoms with van der Waals surface area (Å²) < 4.78 is 0. The SMILES string of the molecule is CC(=O)Nc1cc(C(O)CNC(C)CCCc2ccc(CCCCN=C(N)NC(=O)c3nc(Cl)c(N)nc3N)cc2)ccc1O. The number of nitrogens with one attached hydrogen (secondary N) is 3. The molecule has 0 radical (unpaired) electrons. The van der Waals surface area contributed by atoms with E-state index in [1.165, 1.54) is 24.1 Å². The molecule has 0 saturated heterocycles. The van der Waals surface area contributed by atoms with Gasteiger partial charge in [-0.25, -0.2) is 9.97 Å². The highest BCUT2D eigenvalue weighted by molar-refractivity contribution is 6.31. The first kappa shape index (κ1) is 35.0. The zero-order chi connectivity index (χ0) is 32.9. The summed E-state index contributed by atoms with van der Waals surface area (Å²) in [5.74, 6) is -1.27. The van der Waals surface area contributed by atoms with Crippen LogP contribution in [0.1, 0.15) is 72.8 Å². The lowest BCUT2D eigenvalue weighted by atomic mass is 10.0. The molecule has 0 aliphatic heterocycles. The Kier molecular flexibility index (Phi) is 13.3. The third-order valence-corrected chi connectivity index (χ3v) is 7.30. The number of carbonyl (C=O) groups is 2. The van der Waals surface area contributed by atoms with Gasteiger partial charge in [0.15, 0.2) is 28.4 Å². The number of hydrogen-bond donors (Lipinski definition) is 8. The van der Waals surface area contributed by atoms with E-state index in [2.05, 4.69) is 62.1 Å². The van der Waals surface area contributed by atoms with E-state index in [0.29, 0.717) is 18.7 Å². The minimum Gasteiger partial charge on any atom is -0.506 e. The van der Waals surface area contributed by atoms with Crippen LogP contribution in [-0.4, -0.2) is 57.1 Å². The first-order chi connectivity index (χ1) is 21.4. The number of carbonyl (C=O) groups excluding carboxylic acids is 2. The molecule has 3 rings (SSSR count). The maximum atomic E-state index is 12.3. The number of nitrogen functional groups attached to an aromatic ring is 2. The number of amides is 2. The lowest BCUT2D eigenvalue weighted by Gasteiger charge is -2.18. The van der Waals surface area contributed by atoms with E-state index in [9.17, 15) is 19.8 Å². The fraction of sp³-hybridized carbons (Fsp3) is 0.387. The number of nitrogens with zero attached hydrogens (tertiary/aromatic N) is 3. The summed E-state index contributed by atoms with van der Waals surface area (Å²) in [4.78, 5) is 35.4. The van der Waals surface area contributed by atoms with Gasteiger partial charge in [0.1, 0.15) is 5.75 Å². The molecule has 3 aromatic rings. The normalized spacial score (nSPS) is 12.8. The van der Waals surface area contributed by atoms with Gasteiger partial charge in [0.2, 0.25) is 5.91 Å². The number of aliphatic hydroxyl groups excluding tert-OH is 1. The van der Waals surface area contributed by atoms with Crippen molar-refractivity contribution in [3.63, 3.8) is 0 Å². The number of aromatic hydroxyl groups is 1. The summed E-state index contributed by atoms with van der Waals surface area (Å²) in [6, 6.07) is 13.5.